The number of hydrogen-bond acceptors (Lipinski definition) is 5. The number of aromatic nitrogens is 2. The van der Waals surface area contributed by atoms with Crippen LogP contribution in [-0.4, -0.2) is 15.7 Å². The van der Waals surface area contributed by atoms with E-state index in [1.165, 1.54) is 11.3 Å². The lowest BCUT2D eigenvalue weighted by atomic mass is 10.2. The summed E-state index contributed by atoms with van der Waals surface area (Å²) in [6.45, 7) is 3.85. The molecule has 0 unspecified atom stereocenters. The predicted molar refractivity (Wildman–Crippen MR) is 114 cm³/mol. The highest BCUT2D eigenvalue weighted by molar-refractivity contribution is 7.20. The molecule has 0 bridgehead atoms. The number of benzene rings is 2. The van der Waals surface area contributed by atoms with Crippen LogP contribution in [0.15, 0.2) is 48.5 Å². The van der Waals surface area contributed by atoms with Gasteiger partial charge in [-0.1, -0.05) is 0 Å². The van der Waals surface area contributed by atoms with Crippen molar-refractivity contribution in [1.82, 2.24) is 9.78 Å². The van der Waals surface area contributed by atoms with Crippen molar-refractivity contribution in [3.05, 3.63) is 70.2 Å². The van der Waals surface area contributed by atoms with Crippen LogP contribution in [-0.2, 0) is 7.05 Å². The van der Waals surface area contributed by atoms with Crippen LogP contribution < -0.4 is 10.1 Å². The van der Waals surface area contributed by atoms with Crippen LogP contribution in [0.2, 0.25) is 0 Å². The SMILES string of the molecule is Cc1cc(Oc2ccc(C#N)cc2)ccc1NC(=O)c1cc2c(C)nn(C)c2s1. The number of hydrogen-bond donors (Lipinski definition) is 1. The van der Waals surface area contributed by atoms with E-state index in [4.69, 9.17) is 10.00 Å². The molecule has 1 amide bonds. The molecule has 1 N–H and O–H groups in total. The van der Waals surface area contributed by atoms with Crippen molar-refractivity contribution >= 4 is 33.1 Å². The zero-order valence-corrected chi connectivity index (χ0v) is 17.0. The molecule has 0 fully saturated rings. The van der Waals surface area contributed by atoms with E-state index < -0.39 is 0 Å². The first-order chi connectivity index (χ1) is 13.9. The molecule has 2 heterocycles. The summed E-state index contributed by atoms with van der Waals surface area (Å²) >= 11 is 1.43. The highest BCUT2D eigenvalue weighted by Crippen LogP contribution is 2.30. The van der Waals surface area contributed by atoms with Crippen molar-refractivity contribution in [2.45, 2.75) is 13.8 Å². The summed E-state index contributed by atoms with van der Waals surface area (Å²) in [5.74, 6) is 1.16. The topological polar surface area (TPSA) is 79.9 Å². The normalized spacial score (nSPS) is 10.7. The van der Waals surface area contributed by atoms with Gasteiger partial charge in [-0.25, -0.2) is 0 Å². The average molecular weight is 402 g/mol. The van der Waals surface area contributed by atoms with Gasteiger partial charge in [-0.2, -0.15) is 10.4 Å². The van der Waals surface area contributed by atoms with Crippen molar-refractivity contribution in [3.8, 4) is 17.6 Å². The molecule has 0 spiro atoms. The first-order valence-electron chi connectivity index (χ1n) is 8.98. The number of anilines is 1. The summed E-state index contributed by atoms with van der Waals surface area (Å²) in [6.07, 6.45) is 0. The Labute approximate surface area is 172 Å². The average Bonchev–Trinajstić information content (AvgIpc) is 3.26. The van der Waals surface area contributed by atoms with Crippen molar-refractivity contribution < 1.29 is 9.53 Å². The molecule has 29 heavy (non-hydrogen) atoms. The van der Waals surface area contributed by atoms with Gasteiger partial charge in [-0.05, 0) is 67.9 Å². The van der Waals surface area contributed by atoms with Gasteiger partial charge in [0.25, 0.3) is 5.91 Å². The molecule has 0 radical (unpaired) electrons. The quantitative estimate of drug-likeness (QED) is 0.511. The third kappa shape index (κ3) is 3.71. The van der Waals surface area contributed by atoms with Gasteiger partial charge in [-0.15, -0.1) is 11.3 Å². The molecule has 0 saturated carbocycles. The molecule has 0 saturated heterocycles. The van der Waals surface area contributed by atoms with E-state index in [0.29, 0.717) is 21.9 Å². The van der Waals surface area contributed by atoms with E-state index in [0.717, 1.165) is 27.2 Å². The molecule has 0 aliphatic rings. The van der Waals surface area contributed by atoms with Crippen LogP contribution in [0.5, 0.6) is 11.5 Å². The standard InChI is InChI=1S/C22H18N4O2S/c1-13-10-17(28-16-6-4-15(12-23)5-7-16)8-9-19(13)24-21(27)20-11-18-14(2)25-26(3)22(18)29-20/h4-11H,1-3H3,(H,24,27). The van der Waals surface area contributed by atoms with Crippen LogP contribution in [0.25, 0.3) is 10.2 Å². The third-order valence-electron chi connectivity index (χ3n) is 4.59. The second-order valence-corrected chi connectivity index (χ2v) is 7.74. The summed E-state index contributed by atoms with van der Waals surface area (Å²) < 4.78 is 7.63. The molecule has 2 aromatic heterocycles. The second-order valence-electron chi connectivity index (χ2n) is 6.71. The minimum atomic E-state index is -0.144. The Balaban J connectivity index is 1.50. The highest BCUT2D eigenvalue weighted by atomic mass is 32.1. The largest absolute Gasteiger partial charge is 0.457 e. The summed E-state index contributed by atoms with van der Waals surface area (Å²) in [5.41, 5.74) is 3.12. The Bertz CT molecular complexity index is 1230. The Morgan fingerprint density at radius 3 is 2.52 bits per heavy atom. The fourth-order valence-corrected chi connectivity index (χ4v) is 4.09. The van der Waals surface area contributed by atoms with E-state index in [2.05, 4.69) is 16.5 Å². The number of rotatable bonds is 4. The zero-order chi connectivity index (χ0) is 20.5. The lowest BCUT2D eigenvalue weighted by molar-refractivity contribution is 0.103. The van der Waals surface area contributed by atoms with Gasteiger partial charge < -0.3 is 10.1 Å². The number of thiophene rings is 1. The second kappa shape index (κ2) is 7.41. The molecular weight excluding hydrogens is 384 g/mol. The molecule has 4 rings (SSSR count). The number of nitrogens with one attached hydrogen (secondary N) is 1. The number of amides is 1. The number of aryl methyl sites for hydroxylation is 3. The number of fused-ring (bicyclic) bond motifs is 1. The minimum absolute atomic E-state index is 0.144. The van der Waals surface area contributed by atoms with Crippen molar-refractivity contribution in [1.29, 1.82) is 5.26 Å². The van der Waals surface area contributed by atoms with Gasteiger partial charge >= 0.3 is 0 Å². The number of carbonyl (C=O) groups is 1. The number of nitriles is 1. The van der Waals surface area contributed by atoms with Crippen LogP contribution in [0.3, 0.4) is 0 Å². The van der Waals surface area contributed by atoms with Crippen LogP contribution in [0, 0.1) is 25.2 Å². The van der Waals surface area contributed by atoms with Crippen molar-refractivity contribution in [2.75, 3.05) is 5.32 Å². The van der Waals surface area contributed by atoms with Gasteiger partial charge in [0.1, 0.15) is 16.3 Å². The highest BCUT2D eigenvalue weighted by Gasteiger charge is 2.16. The van der Waals surface area contributed by atoms with E-state index in [-0.39, 0.29) is 5.91 Å². The molecule has 0 aliphatic heterocycles. The summed E-state index contributed by atoms with van der Waals surface area (Å²) in [5, 5.41) is 17.2. The smallest absolute Gasteiger partial charge is 0.265 e. The molecule has 0 atom stereocenters. The molecule has 0 aliphatic carbocycles. The maximum absolute atomic E-state index is 12.7. The van der Waals surface area contributed by atoms with Gasteiger partial charge in [0.2, 0.25) is 0 Å². The van der Waals surface area contributed by atoms with Gasteiger partial charge in [0.15, 0.2) is 0 Å². The summed E-state index contributed by atoms with van der Waals surface area (Å²) in [7, 11) is 1.88. The maximum atomic E-state index is 12.7. The summed E-state index contributed by atoms with van der Waals surface area (Å²) in [4.78, 5) is 14.3. The van der Waals surface area contributed by atoms with E-state index in [1.807, 2.05) is 39.1 Å². The lowest BCUT2D eigenvalue weighted by Gasteiger charge is -2.11. The van der Waals surface area contributed by atoms with Gasteiger partial charge in [0.05, 0.1) is 22.2 Å². The van der Waals surface area contributed by atoms with E-state index >= 15 is 0 Å². The number of nitrogens with zero attached hydrogens (tertiary/aromatic N) is 3. The van der Waals surface area contributed by atoms with Crippen molar-refractivity contribution in [2.24, 2.45) is 7.05 Å². The van der Waals surface area contributed by atoms with E-state index in [1.54, 1.807) is 35.0 Å². The van der Waals surface area contributed by atoms with Crippen LogP contribution in [0.1, 0.15) is 26.5 Å². The van der Waals surface area contributed by atoms with E-state index in [9.17, 15) is 4.79 Å². The fourth-order valence-electron chi connectivity index (χ4n) is 3.07. The Morgan fingerprint density at radius 1 is 1.14 bits per heavy atom. The third-order valence-corrected chi connectivity index (χ3v) is 5.79. The van der Waals surface area contributed by atoms with Gasteiger partial charge in [-0.3, -0.25) is 9.48 Å². The Hall–Kier alpha value is -3.63. The number of carbonyl (C=O) groups excluding carboxylic acids is 1. The molecule has 7 heteroatoms. The minimum Gasteiger partial charge on any atom is -0.457 e. The molecule has 6 nitrogen and oxygen atoms in total. The summed E-state index contributed by atoms with van der Waals surface area (Å²) in [6, 6.07) is 16.4. The Morgan fingerprint density at radius 2 is 1.86 bits per heavy atom. The van der Waals surface area contributed by atoms with Gasteiger partial charge in [0, 0.05) is 18.1 Å². The van der Waals surface area contributed by atoms with Crippen molar-refractivity contribution in [3.63, 3.8) is 0 Å². The molecule has 144 valence electrons. The first-order valence-corrected chi connectivity index (χ1v) is 9.79. The maximum Gasteiger partial charge on any atom is 0.265 e. The zero-order valence-electron chi connectivity index (χ0n) is 16.2. The van der Waals surface area contributed by atoms with Crippen LogP contribution in [0.4, 0.5) is 5.69 Å². The Kier molecular flexibility index (Phi) is 4.79. The molecular formula is C22H18N4O2S. The molecule has 4 aromatic rings. The predicted octanol–water partition coefficient (Wildman–Crippen LogP) is 5.17. The van der Waals surface area contributed by atoms with Crippen LogP contribution >= 0.6 is 11.3 Å². The lowest BCUT2D eigenvalue weighted by Crippen LogP contribution is -2.11. The monoisotopic (exact) mass is 402 g/mol. The number of ether oxygens (including phenoxy) is 1. The first kappa shape index (κ1) is 18.7. The molecule has 2 aromatic carbocycles. The fraction of sp³-hybridized carbons (Fsp3) is 0.136.